The summed E-state index contributed by atoms with van der Waals surface area (Å²) in [6.07, 6.45) is 3.39. The quantitative estimate of drug-likeness (QED) is 0.635. The van der Waals surface area contributed by atoms with Gasteiger partial charge in [0.15, 0.2) is 0 Å². The Morgan fingerprint density at radius 1 is 1.21 bits per heavy atom. The number of aliphatic hydroxyl groups excluding tert-OH is 1. The number of halogens is 1. The molecule has 2 atom stereocenters. The van der Waals surface area contributed by atoms with Crippen molar-refractivity contribution in [2.45, 2.75) is 31.8 Å². The van der Waals surface area contributed by atoms with Crippen LogP contribution in [-0.4, -0.2) is 48.3 Å². The molecule has 5 nitrogen and oxygen atoms in total. The number of aliphatic hydroxyl groups is 1. The number of likely N-dealkylation sites (tertiary alicyclic amines) is 1. The van der Waals surface area contributed by atoms with Gasteiger partial charge in [-0.1, -0.05) is 36.4 Å². The zero-order valence-electron chi connectivity index (χ0n) is 16.7. The molecule has 3 rings (SSSR count). The molecule has 2 aromatic rings. The van der Waals surface area contributed by atoms with Gasteiger partial charge in [0, 0.05) is 25.3 Å². The van der Waals surface area contributed by atoms with E-state index in [-0.39, 0.29) is 18.0 Å². The highest BCUT2D eigenvalue weighted by Gasteiger charge is 2.22. The summed E-state index contributed by atoms with van der Waals surface area (Å²) < 4.78 is 13.2. The van der Waals surface area contributed by atoms with Gasteiger partial charge in [-0.05, 0) is 61.9 Å². The number of hydrogen-bond donors (Lipinski definition) is 3. The van der Waals surface area contributed by atoms with Crippen molar-refractivity contribution in [1.29, 1.82) is 0 Å². The fourth-order valence-corrected chi connectivity index (χ4v) is 3.83. The van der Waals surface area contributed by atoms with Crippen molar-refractivity contribution in [3.63, 3.8) is 0 Å². The van der Waals surface area contributed by atoms with Gasteiger partial charge in [0.05, 0.1) is 6.10 Å². The maximum atomic E-state index is 13.2. The molecule has 0 saturated carbocycles. The Morgan fingerprint density at radius 3 is 2.83 bits per heavy atom. The fraction of sp³-hybridized carbons (Fsp3) is 0.435. The second kappa shape index (κ2) is 10.9. The van der Waals surface area contributed by atoms with Crippen LogP contribution in [0.5, 0.6) is 0 Å². The molecule has 6 heteroatoms. The van der Waals surface area contributed by atoms with E-state index in [1.54, 1.807) is 12.1 Å². The Hall–Kier alpha value is -2.44. The van der Waals surface area contributed by atoms with Gasteiger partial charge in [-0.2, -0.15) is 0 Å². The van der Waals surface area contributed by atoms with Crippen LogP contribution in [0.4, 0.5) is 14.9 Å². The van der Waals surface area contributed by atoms with E-state index in [4.69, 9.17) is 0 Å². The maximum absolute atomic E-state index is 13.2. The summed E-state index contributed by atoms with van der Waals surface area (Å²) >= 11 is 0. The van der Waals surface area contributed by atoms with E-state index in [1.165, 1.54) is 17.7 Å². The highest BCUT2D eigenvalue weighted by Crippen LogP contribution is 2.17. The molecule has 0 radical (unpaired) electrons. The van der Waals surface area contributed by atoms with Crippen molar-refractivity contribution in [3.05, 3.63) is 66.0 Å². The number of rotatable bonds is 8. The molecule has 0 aliphatic carbocycles. The van der Waals surface area contributed by atoms with Gasteiger partial charge in [0.25, 0.3) is 0 Å². The average Bonchev–Trinajstić information content (AvgIpc) is 2.72. The van der Waals surface area contributed by atoms with Crippen molar-refractivity contribution in [2.24, 2.45) is 5.92 Å². The van der Waals surface area contributed by atoms with E-state index in [0.29, 0.717) is 24.7 Å². The van der Waals surface area contributed by atoms with Gasteiger partial charge < -0.3 is 20.6 Å². The molecule has 0 bridgehead atoms. The maximum Gasteiger partial charge on any atom is 0.319 e. The Labute approximate surface area is 171 Å². The summed E-state index contributed by atoms with van der Waals surface area (Å²) in [6, 6.07) is 15.7. The highest BCUT2D eigenvalue weighted by molar-refractivity contribution is 5.89. The molecule has 29 heavy (non-hydrogen) atoms. The van der Waals surface area contributed by atoms with Crippen LogP contribution in [0, 0.1) is 11.7 Å². The number of amides is 2. The summed E-state index contributed by atoms with van der Waals surface area (Å²) in [4.78, 5) is 14.3. The minimum Gasteiger partial charge on any atom is -0.392 e. The third-order valence-electron chi connectivity index (χ3n) is 5.31. The topological polar surface area (TPSA) is 64.6 Å². The number of hydrogen-bond acceptors (Lipinski definition) is 3. The highest BCUT2D eigenvalue weighted by atomic mass is 19.1. The third kappa shape index (κ3) is 7.48. The first-order valence-corrected chi connectivity index (χ1v) is 10.3. The second-order valence-electron chi connectivity index (χ2n) is 7.79. The van der Waals surface area contributed by atoms with Crippen LogP contribution >= 0.6 is 0 Å². The summed E-state index contributed by atoms with van der Waals surface area (Å²) in [6.45, 7) is 3.08. The zero-order chi connectivity index (χ0) is 20.5. The largest absolute Gasteiger partial charge is 0.392 e. The van der Waals surface area contributed by atoms with Gasteiger partial charge in [-0.3, -0.25) is 0 Å². The minimum atomic E-state index is -0.378. The molecule has 0 unspecified atom stereocenters. The van der Waals surface area contributed by atoms with Crippen LogP contribution in [0.3, 0.4) is 0 Å². The Balaban J connectivity index is 1.36. The van der Waals surface area contributed by atoms with E-state index in [1.807, 2.05) is 18.2 Å². The second-order valence-corrected chi connectivity index (χ2v) is 7.79. The minimum absolute atomic E-state index is 0.324. The van der Waals surface area contributed by atoms with Gasteiger partial charge in [0.2, 0.25) is 0 Å². The van der Waals surface area contributed by atoms with E-state index >= 15 is 0 Å². The third-order valence-corrected chi connectivity index (χ3v) is 5.31. The van der Waals surface area contributed by atoms with Crippen LogP contribution in [0.25, 0.3) is 0 Å². The summed E-state index contributed by atoms with van der Waals surface area (Å²) in [7, 11) is 0. The number of carbonyl (C=O) groups excluding carboxylic acids is 1. The lowest BCUT2D eigenvalue weighted by Gasteiger charge is -2.34. The molecule has 1 heterocycles. The Kier molecular flexibility index (Phi) is 8.02. The van der Waals surface area contributed by atoms with Crippen molar-refractivity contribution >= 4 is 11.7 Å². The molecule has 1 saturated heterocycles. The smallest absolute Gasteiger partial charge is 0.319 e. The van der Waals surface area contributed by atoms with Crippen LogP contribution in [-0.2, 0) is 6.42 Å². The number of benzene rings is 2. The Bertz CT molecular complexity index is 772. The number of nitrogens with zero attached hydrogens (tertiary/aromatic N) is 1. The molecule has 3 N–H and O–H groups in total. The Morgan fingerprint density at radius 2 is 2.03 bits per heavy atom. The molecule has 2 aromatic carbocycles. The van der Waals surface area contributed by atoms with E-state index < -0.39 is 0 Å². The van der Waals surface area contributed by atoms with E-state index in [2.05, 4.69) is 27.7 Å². The zero-order valence-corrected chi connectivity index (χ0v) is 16.7. The lowest BCUT2D eigenvalue weighted by molar-refractivity contribution is 0.0797. The average molecular weight is 400 g/mol. The first kappa shape index (κ1) is 21.3. The first-order valence-electron chi connectivity index (χ1n) is 10.3. The summed E-state index contributed by atoms with van der Waals surface area (Å²) in [5.41, 5.74) is 1.69. The number of urea groups is 1. The monoisotopic (exact) mass is 399 g/mol. The number of aryl methyl sites for hydroxylation is 1. The fourth-order valence-electron chi connectivity index (χ4n) is 3.83. The van der Waals surface area contributed by atoms with Crippen molar-refractivity contribution in [1.82, 2.24) is 10.2 Å². The van der Waals surface area contributed by atoms with E-state index in [9.17, 15) is 14.3 Å². The normalized spacial score (nSPS) is 18.2. The standard InChI is InChI=1S/C23H30FN3O2/c24-20-9-4-10-21(14-20)26-23(29)25-15-19-8-5-13-27(16-19)17-22(28)12-11-18-6-2-1-3-7-18/h1-4,6-7,9-10,14,19,22,28H,5,8,11-13,15-17H2,(H2,25,26,29)/t19-,22+/m0/s1. The SMILES string of the molecule is O=C(NC[C@@H]1CCCN(C[C@H](O)CCc2ccccc2)C1)Nc1cccc(F)c1. The van der Waals surface area contributed by atoms with Crippen LogP contribution in [0.2, 0.25) is 0 Å². The predicted molar refractivity (Wildman–Crippen MR) is 113 cm³/mol. The number of β-amino-alcohol motifs (C(OH)–C–C–N with tert-alkyl or cyclic N) is 1. The molecule has 0 spiro atoms. The molecular formula is C23H30FN3O2. The van der Waals surface area contributed by atoms with Crippen LogP contribution in [0.1, 0.15) is 24.8 Å². The number of nitrogens with one attached hydrogen (secondary N) is 2. The van der Waals surface area contributed by atoms with Crippen molar-refractivity contribution in [2.75, 3.05) is 31.5 Å². The van der Waals surface area contributed by atoms with Gasteiger partial charge in [-0.25, -0.2) is 9.18 Å². The summed E-state index contributed by atoms with van der Waals surface area (Å²) in [5.74, 6) is -0.0279. The molecule has 1 fully saturated rings. The van der Waals surface area contributed by atoms with Crippen LogP contribution < -0.4 is 10.6 Å². The van der Waals surface area contributed by atoms with Gasteiger partial charge in [0.1, 0.15) is 5.82 Å². The van der Waals surface area contributed by atoms with Crippen molar-refractivity contribution in [3.8, 4) is 0 Å². The number of anilines is 1. The molecule has 2 amide bonds. The van der Waals surface area contributed by atoms with Gasteiger partial charge in [-0.15, -0.1) is 0 Å². The first-order chi connectivity index (χ1) is 14.1. The lowest BCUT2D eigenvalue weighted by Crippen LogP contribution is -2.44. The summed E-state index contributed by atoms with van der Waals surface area (Å²) in [5, 5.41) is 15.9. The molecule has 0 aromatic heterocycles. The van der Waals surface area contributed by atoms with Gasteiger partial charge >= 0.3 is 6.03 Å². The molecule has 1 aliphatic rings. The predicted octanol–water partition coefficient (Wildman–Crippen LogP) is 3.65. The molecular weight excluding hydrogens is 369 g/mol. The number of piperidine rings is 1. The lowest BCUT2D eigenvalue weighted by atomic mass is 9.97. The molecule has 1 aliphatic heterocycles. The van der Waals surface area contributed by atoms with Crippen molar-refractivity contribution < 1.29 is 14.3 Å². The molecule has 156 valence electrons. The van der Waals surface area contributed by atoms with E-state index in [0.717, 1.165) is 38.8 Å². The van der Waals surface area contributed by atoms with Crippen LogP contribution in [0.15, 0.2) is 54.6 Å². The number of carbonyl (C=O) groups is 1.